The first-order valence-corrected chi connectivity index (χ1v) is 34.2. The molecule has 20 nitrogen and oxygen atoms in total. The zero-order valence-electron chi connectivity index (χ0n) is 56.5. The molecule has 22 heteroatoms. The number of ether oxygens (including phenoxy) is 1. The van der Waals surface area contributed by atoms with Gasteiger partial charge in [-0.1, -0.05) is 60.1 Å². The van der Waals surface area contributed by atoms with Gasteiger partial charge >= 0.3 is 13.2 Å². The zero-order valence-corrected chi connectivity index (χ0v) is 57.3. The summed E-state index contributed by atoms with van der Waals surface area (Å²) in [5.41, 5.74) is 44.1. The average molecular weight is 1320 g/mol. The normalized spacial score (nSPS) is 18.1. The molecule has 0 bridgehead atoms. The van der Waals surface area contributed by atoms with E-state index in [4.69, 9.17) is 69.3 Å². The van der Waals surface area contributed by atoms with Crippen LogP contribution >= 0.6 is 11.6 Å². The van der Waals surface area contributed by atoms with E-state index in [2.05, 4.69) is 147 Å². The first-order valence-electron chi connectivity index (χ1n) is 33.9. The number of aromatic nitrogens is 8. The molecule has 3 saturated heterocycles. The van der Waals surface area contributed by atoms with Crippen molar-refractivity contribution >= 4 is 75.6 Å². The molecule has 5 fully saturated rings. The van der Waals surface area contributed by atoms with Crippen LogP contribution in [0.1, 0.15) is 124 Å². The van der Waals surface area contributed by atoms with Gasteiger partial charge in [-0.05, 0) is 226 Å². The minimum Gasteiger partial charge on any atom is -0.444 e. The number of fused-ring (bicyclic) bond motifs is 2. The number of halogens is 1. The van der Waals surface area contributed by atoms with Gasteiger partial charge in [0.1, 0.15) is 33.4 Å². The summed E-state index contributed by atoms with van der Waals surface area (Å²) in [4.78, 5) is 44.7. The fourth-order valence-electron chi connectivity index (χ4n) is 13.3. The Morgan fingerprint density at radius 3 is 1.57 bits per heavy atom. The van der Waals surface area contributed by atoms with Crippen molar-refractivity contribution in [2.24, 2.45) is 17.2 Å². The van der Waals surface area contributed by atoms with E-state index in [0.29, 0.717) is 40.1 Å². The van der Waals surface area contributed by atoms with Gasteiger partial charge < -0.3 is 57.8 Å². The highest BCUT2D eigenvalue weighted by Crippen LogP contribution is 2.42. The lowest BCUT2D eigenvalue weighted by atomic mass is 9.73. The van der Waals surface area contributed by atoms with E-state index in [1.54, 1.807) is 18.5 Å². The maximum atomic E-state index is 12.0. The van der Waals surface area contributed by atoms with Crippen LogP contribution in [0.3, 0.4) is 0 Å². The highest BCUT2D eigenvalue weighted by atomic mass is 35.5. The number of benzene rings is 4. The molecular weight excluding hydrogens is 1240 g/mol. The van der Waals surface area contributed by atoms with Crippen LogP contribution in [0.25, 0.3) is 67.7 Å². The number of pyridine rings is 4. The molecule has 10 aromatic rings. The van der Waals surface area contributed by atoms with Crippen molar-refractivity contribution in [3.8, 4) is 45.4 Å². The maximum Gasteiger partial charge on any atom is 0.494 e. The van der Waals surface area contributed by atoms with Gasteiger partial charge in [-0.25, -0.2) is 34.7 Å². The number of carbonyl (C=O) groups is 1. The Morgan fingerprint density at radius 1 is 0.588 bits per heavy atom. The van der Waals surface area contributed by atoms with E-state index < -0.39 is 5.60 Å². The quantitative estimate of drug-likeness (QED) is 0.0518. The molecule has 0 radical (unpaired) electrons. The van der Waals surface area contributed by atoms with Crippen LogP contribution < -0.4 is 49.2 Å². The Labute approximate surface area is 572 Å². The first-order chi connectivity index (χ1) is 46.4. The van der Waals surface area contributed by atoms with Gasteiger partial charge in [-0.3, -0.25) is 9.13 Å². The average Bonchev–Trinajstić information content (AvgIpc) is 1.66. The first kappa shape index (κ1) is 66.7. The highest BCUT2D eigenvalue weighted by Gasteiger charge is 2.52. The molecule has 2 saturated carbocycles. The number of carbonyl (C=O) groups excluding carboxylic acids is 1. The van der Waals surface area contributed by atoms with Crippen molar-refractivity contribution in [3.63, 3.8) is 0 Å². The summed E-state index contributed by atoms with van der Waals surface area (Å²) in [5, 5.41) is 3.40. The van der Waals surface area contributed by atoms with Crippen molar-refractivity contribution in [1.29, 1.82) is 0 Å². The smallest absolute Gasteiger partial charge is 0.444 e. The molecule has 4 aromatic carbocycles. The molecule has 9 heterocycles. The molecule has 11 N–H and O–H groups in total. The molecule has 15 rings (SSSR count). The third-order valence-corrected chi connectivity index (χ3v) is 20.3. The van der Waals surface area contributed by atoms with Crippen LogP contribution in [-0.4, -0.2) is 107 Å². The van der Waals surface area contributed by atoms with Crippen molar-refractivity contribution in [1.82, 2.24) is 44.4 Å². The van der Waals surface area contributed by atoms with Gasteiger partial charge in [0.2, 0.25) is 0 Å². The van der Waals surface area contributed by atoms with Crippen LogP contribution in [0, 0.1) is 0 Å². The Kier molecular flexibility index (Phi) is 18.4. The Morgan fingerprint density at radius 2 is 1.07 bits per heavy atom. The maximum absolute atomic E-state index is 12.0. The van der Waals surface area contributed by atoms with E-state index in [9.17, 15) is 4.79 Å². The molecule has 5 aliphatic rings. The van der Waals surface area contributed by atoms with Crippen molar-refractivity contribution in [3.05, 3.63) is 174 Å². The molecule has 97 heavy (non-hydrogen) atoms. The van der Waals surface area contributed by atoms with Crippen LogP contribution in [0.4, 0.5) is 27.8 Å². The molecule has 1 amide bonds. The lowest BCUT2D eigenvalue weighted by Crippen LogP contribution is -2.46. The number of imidazole rings is 2. The summed E-state index contributed by atoms with van der Waals surface area (Å²) in [6.45, 7) is 17.6. The van der Waals surface area contributed by atoms with Gasteiger partial charge in [0, 0.05) is 90.0 Å². The second-order valence-electron chi connectivity index (χ2n) is 28.5. The van der Waals surface area contributed by atoms with Gasteiger partial charge in [0.05, 0.1) is 28.0 Å². The van der Waals surface area contributed by atoms with Crippen molar-refractivity contribution in [2.75, 3.05) is 47.4 Å². The fraction of sp³-hybridized carbons (Fsp3) is 0.373. The molecule has 6 aromatic heterocycles. The standard InChI is InChI=1S/C32H34N8.C22H35BN2O4.C21H19ClN6/c33-23-13-18-39(19-14-23)25-5-1-4-21(20-25)27-11-12-28-31(37-27)40(30(38-28)26-6-2-17-36-29(26)34)24-9-7-22(8-10-24)32(35)15-3-16-32;1-20(2,3)27-19(26)24-17-11-13-25(14-12-17)18-10-8-9-16(15-18)23-28-21(4,5)22(6,7)29-23;22-17-9-8-16-20(27-17)28(19(26-16)15-3-1-12-25-18(15)23)14-6-4-13(5-7-14)21(24)10-2-11-21/h1-2,4-12,17,20,23H,3,13-16,18-19,33,35H2,(H2,34,36);8-10,15,17H,11-14H2,1-7H3,(H,24,26);1,3-9,12H,2,10-11,24H2,(H2,23,25). The summed E-state index contributed by atoms with van der Waals surface area (Å²) in [5.74, 6) is 2.23. The zero-order chi connectivity index (χ0) is 68.0. The predicted molar refractivity (Wildman–Crippen MR) is 389 cm³/mol. The van der Waals surface area contributed by atoms with Gasteiger partial charge in [-0.15, -0.1) is 0 Å². The lowest BCUT2D eigenvalue weighted by Gasteiger charge is -2.38. The Balaban J connectivity index is 0.000000134. The number of hydrogen-bond acceptors (Lipinski definition) is 17. The van der Waals surface area contributed by atoms with Crippen LogP contribution in [0.5, 0.6) is 0 Å². The topological polar surface area (TPSA) is 281 Å². The van der Waals surface area contributed by atoms with Crippen molar-refractivity contribution in [2.45, 2.75) is 153 Å². The van der Waals surface area contributed by atoms with Gasteiger partial charge in [0.25, 0.3) is 0 Å². The summed E-state index contributed by atoms with van der Waals surface area (Å²) >= 11 is 6.17. The van der Waals surface area contributed by atoms with Gasteiger partial charge in [-0.2, -0.15) is 0 Å². The van der Waals surface area contributed by atoms with E-state index in [1.807, 2.05) is 79.9 Å². The fourth-order valence-corrected chi connectivity index (χ4v) is 13.5. The SMILES string of the molecule is CC(C)(C)OC(=O)NC1CCN(c2cccc(B3OC(C)(C)C(C)(C)O3)c2)CC1.Nc1ncccc1-c1nc2ccc(-c3cccc(N4CCC(N)CC4)c3)nc2n1-c1ccc(C2(N)CCC2)cc1.Nc1ncccc1-c1nc2ccc(Cl)nc2n1-c1ccc(C2(N)CCC2)cc1. The summed E-state index contributed by atoms with van der Waals surface area (Å²) < 4.78 is 21.8. The van der Waals surface area contributed by atoms with Crippen LogP contribution in [0.2, 0.25) is 5.15 Å². The predicted octanol–water partition coefficient (Wildman–Crippen LogP) is 12.5. The van der Waals surface area contributed by atoms with Crippen LogP contribution in [0.15, 0.2) is 158 Å². The summed E-state index contributed by atoms with van der Waals surface area (Å²) in [7, 11) is -0.355. The molecule has 502 valence electrons. The molecule has 3 aliphatic heterocycles. The number of alkyl carbamates (subject to hydrolysis) is 1. The van der Waals surface area contributed by atoms with E-state index in [1.165, 1.54) is 24.1 Å². The van der Waals surface area contributed by atoms with E-state index in [0.717, 1.165) is 145 Å². The number of nitrogens with zero attached hydrogens (tertiary/aromatic N) is 10. The summed E-state index contributed by atoms with van der Waals surface area (Å²) in [6.07, 6.45) is 13.3. The van der Waals surface area contributed by atoms with E-state index in [-0.39, 0.29) is 41.5 Å². The monoisotopic (exact) mass is 1320 g/mol. The summed E-state index contributed by atoms with van der Waals surface area (Å²) in [6, 6.07) is 49.4. The van der Waals surface area contributed by atoms with Crippen LogP contribution in [-0.2, 0) is 25.1 Å². The molecule has 2 aliphatic carbocycles. The number of nitrogens with two attached hydrogens (primary N) is 5. The molecular formula is C75H88BClN16O4. The Bertz CT molecular complexity index is 4460. The third kappa shape index (κ3) is 14.1. The number of anilines is 4. The number of nitrogens with one attached hydrogen (secondary N) is 1. The second-order valence-corrected chi connectivity index (χ2v) is 28.9. The minimum absolute atomic E-state index is 0.146. The van der Waals surface area contributed by atoms with E-state index >= 15 is 0 Å². The highest BCUT2D eigenvalue weighted by molar-refractivity contribution is 6.62. The largest absolute Gasteiger partial charge is 0.494 e. The number of rotatable bonds is 11. The third-order valence-electron chi connectivity index (χ3n) is 20.0. The Hall–Kier alpha value is -8.96. The number of nitrogen functional groups attached to an aromatic ring is 2. The second kappa shape index (κ2) is 26.8. The lowest BCUT2D eigenvalue weighted by molar-refractivity contribution is 0.00578. The molecule has 0 atom stereocenters. The number of amides is 1. The molecule has 0 spiro atoms. The van der Waals surface area contributed by atoms with Gasteiger partial charge in [0.15, 0.2) is 22.9 Å². The molecule has 0 unspecified atom stereocenters. The minimum atomic E-state index is -0.473. The number of piperidine rings is 2. The number of hydrogen-bond donors (Lipinski definition) is 6. The van der Waals surface area contributed by atoms with Crippen molar-refractivity contribution < 1.29 is 18.8 Å².